The summed E-state index contributed by atoms with van der Waals surface area (Å²) >= 11 is 0. The number of fused-ring (bicyclic) bond motifs is 1. The molecule has 3 N–H and O–H groups in total. The second-order valence-electron chi connectivity index (χ2n) is 4.30. The number of carbonyl (C=O) groups is 1. The lowest BCUT2D eigenvalue weighted by molar-refractivity contribution is 0.0690. The number of nitrogens with zero attached hydrogens (tertiary/aromatic N) is 3. The predicted octanol–water partition coefficient (Wildman–Crippen LogP) is 1.55. The molecule has 100 valence electrons. The molecule has 3 rings (SSSR count). The molecule has 0 saturated carbocycles. The van der Waals surface area contributed by atoms with Crippen molar-refractivity contribution in [1.82, 2.24) is 14.4 Å². The topological polar surface area (TPSA) is 93.5 Å². The van der Waals surface area contributed by atoms with E-state index in [9.17, 15) is 9.90 Å². The number of rotatable bonds is 3. The average molecular weight is 268 g/mol. The van der Waals surface area contributed by atoms with Gasteiger partial charge in [-0.2, -0.15) is 0 Å². The molecular formula is C14H12N4O2. The maximum absolute atomic E-state index is 11.5. The molecule has 0 atom stereocenters. The molecule has 0 bridgehead atoms. The van der Waals surface area contributed by atoms with E-state index in [1.54, 1.807) is 18.5 Å². The molecule has 0 unspecified atom stereocenters. The molecule has 0 aliphatic rings. The number of benzene rings is 1. The molecule has 0 amide bonds. The van der Waals surface area contributed by atoms with Gasteiger partial charge in [0, 0.05) is 24.5 Å². The minimum Gasteiger partial charge on any atom is -0.476 e. The van der Waals surface area contributed by atoms with Crippen molar-refractivity contribution >= 4 is 11.7 Å². The van der Waals surface area contributed by atoms with Gasteiger partial charge in [0.05, 0.1) is 0 Å². The molecule has 0 aliphatic heterocycles. The van der Waals surface area contributed by atoms with Gasteiger partial charge in [-0.1, -0.05) is 24.3 Å². The van der Waals surface area contributed by atoms with Crippen molar-refractivity contribution in [3.8, 4) is 11.3 Å². The van der Waals surface area contributed by atoms with E-state index in [4.69, 9.17) is 5.73 Å². The Morgan fingerprint density at radius 1 is 1.30 bits per heavy atom. The third kappa shape index (κ3) is 1.92. The normalized spacial score (nSPS) is 10.8. The minimum atomic E-state index is -1.04. The number of hydrogen-bond acceptors (Lipinski definition) is 4. The van der Waals surface area contributed by atoms with E-state index in [0.29, 0.717) is 18.0 Å². The summed E-state index contributed by atoms with van der Waals surface area (Å²) in [7, 11) is 0. The molecule has 0 radical (unpaired) electrons. The molecule has 2 aromatic heterocycles. The Morgan fingerprint density at radius 3 is 2.70 bits per heavy atom. The summed E-state index contributed by atoms with van der Waals surface area (Å²) < 4.78 is 1.47. The first kappa shape index (κ1) is 12.3. The minimum absolute atomic E-state index is 0.105. The van der Waals surface area contributed by atoms with Crippen LogP contribution in [0.2, 0.25) is 0 Å². The summed E-state index contributed by atoms with van der Waals surface area (Å²) in [5.41, 5.74) is 7.77. The zero-order valence-electron chi connectivity index (χ0n) is 10.5. The van der Waals surface area contributed by atoms with Gasteiger partial charge in [0.25, 0.3) is 0 Å². The van der Waals surface area contributed by atoms with E-state index < -0.39 is 5.97 Å². The quantitative estimate of drug-likeness (QED) is 0.751. The summed E-state index contributed by atoms with van der Waals surface area (Å²) in [4.78, 5) is 19.9. The zero-order valence-corrected chi connectivity index (χ0v) is 10.5. The molecule has 0 saturated heterocycles. The Hall–Kier alpha value is -2.73. The molecule has 1 aromatic carbocycles. The SMILES string of the molecule is NCc1ccc(-c2nc3ncccn3c2C(=O)O)cc1. The molecule has 6 heteroatoms. The summed E-state index contributed by atoms with van der Waals surface area (Å²) in [6.45, 7) is 0.443. The molecular weight excluding hydrogens is 256 g/mol. The van der Waals surface area contributed by atoms with Crippen molar-refractivity contribution in [3.63, 3.8) is 0 Å². The van der Waals surface area contributed by atoms with Crippen LogP contribution in [0, 0.1) is 0 Å². The van der Waals surface area contributed by atoms with Crippen LogP contribution in [0.25, 0.3) is 17.0 Å². The van der Waals surface area contributed by atoms with E-state index in [0.717, 1.165) is 11.1 Å². The summed E-state index contributed by atoms with van der Waals surface area (Å²) in [5.74, 6) is -0.675. The maximum atomic E-state index is 11.5. The fourth-order valence-corrected chi connectivity index (χ4v) is 2.09. The smallest absolute Gasteiger partial charge is 0.355 e. The van der Waals surface area contributed by atoms with Crippen molar-refractivity contribution < 1.29 is 9.90 Å². The highest BCUT2D eigenvalue weighted by molar-refractivity contribution is 5.94. The number of carboxylic acids is 1. The van der Waals surface area contributed by atoms with Gasteiger partial charge in [-0.15, -0.1) is 0 Å². The highest BCUT2D eigenvalue weighted by Crippen LogP contribution is 2.24. The van der Waals surface area contributed by atoms with Crippen LogP contribution in [-0.4, -0.2) is 25.4 Å². The molecule has 0 fully saturated rings. The maximum Gasteiger partial charge on any atom is 0.355 e. The molecule has 0 spiro atoms. The van der Waals surface area contributed by atoms with Crippen molar-refractivity contribution in [2.45, 2.75) is 6.54 Å². The average Bonchev–Trinajstić information content (AvgIpc) is 2.86. The van der Waals surface area contributed by atoms with Crippen LogP contribution in [0.4, 0.5) is 0 Å². The van der Waals surface area contributed by atoms with Crippen molar-refractivity contribution in [2.75, 3.05) is 0 Å². The highest BCUT2D eigenvalue weighted by Gasteiger charge is 2.20. The first-order chi connectivity index (χ1) is 9.70. The van der Waals surface area contributed by atoms with E-state index in [-0.39, 0.29) is 5.69 Å². The number of nitrogens with two attached hydrogens (primary N) is 1. The van der Waals surface area contributed by atoms with Gasteiger partial charge in [0.1, 0.15) is 5.69 Å². The predicted molar refractivity (Wildman–Crippen MR) is 73.3 cm³/mol. The lowest BCUT2D eigenvalue weighted by Gasteiger charge is -2.01. The first-order valence-corrected chi connectivity index (χ1v) is 6.06. The van der Waals surface area contributed by atoms with E-state index >= 15 is 0 Å². The van der Waals surface area contributed by atoms with Crippen molar-refractivity contribution in [1.29, 1.82) is 0 Å². The van der Waals surface area contributed by atoms with Gasteiger partial charge < -0.3 is 10.8 Å². The standard InChI is InChI=1S/C14H12N4O2/c15-8-9-2-4-10(5-3-9)11-12(13(19)20)18-7-1-6-16-14(18)17-11/h1-7H,8,15H2,(H,19,20). The van der Waals surface area contributed by atoms with Gasteiger partial charge in [0.2, 0.25) is 5.78 Å². The van der Waals surface area contributed by atoms with Crippen LogP contribution >= 0.6 is 0 Å². The Labute approximate surface area is 114 Å². The Morgan fingerprint density at radius 2 is 2.05 bits per heavy atom. The van der Waals surface area contributed by atoms with Crippen LogP contribution in [0.5, 0.6) is 0 Å². The van der Waals surface area contributed by atoms with Crippen molar-refractivity contribution in [2.24, 2.45) is 5.73 Å². The zero-order chi connectivity index (χ0) is 14.1. The number of aromatic nitrogens is 3. The van der Waals surface area contributed by atoms with E-state index in [1.807, 2.05) is 24.3 Å². The largest absolute Gasteiger partial charge is 0.476 e. The fourth-order valence-electron chi connectivity index (χ4n) is 2.09. The second-order valence-corrected chi connectivity index (χ2v) is 4.30. The van der Waals surface area contributed by atoms with E-state index in [1.165, 1.54) is 4.40 Å². The van der Waals surface area contributed by atoms with Gasteiger partial charge >= 0.3 is 5.97 Å². The van der Waals surface area contributed by atoms with E-state index in [2.05, 4.69) is 9.97 Å². The molecule has 0 aliphatic carbocycles. The third-order valence-electron chi connectivity index (χ3n) is 3.07. The molecule has 2 heterocycles. The number of aromatic carboxylic acids is 1. The number of carboxylic acid groups (broad SMARTS) is 1. The number of hydrogen-bond donors (Lipinski definition) is 2. The lowest BCUT2D eigenvalue weighted by Crippen LogP contribution is -2.03. The summed E-state index contributed by atoms with van der Waals surface area (Å²) in [5, 5.41) is 9.41. The van der Waals surface area contributed by atoms with Gasteiger partial charge in [-0.3, -0.25) is 4.40 Å². The first-order valence-electron chi connectivity index (χ1n) is 6.06. The molecule has 6 nitrogen and oxygen atoms in total. The Balaban J connectivity index is 2.23. The summed E-state index contributed by atoms with van der Waals surface area (Å²) in [6.07, 6.45) is 3.21. The fraction of sp³-hybridized carbons (Fsp3) is 0.0714. The Bertz CT molecular complexity index is 777. The molecule has 3 aromatic rings. The van der Waals surface area contributed by atoms with Gasteiger partial charge in [0.15, 0.2) is 5.69 Å². The third-order valence-corrected chi connectivity index (χ3v) is 3.07. The van der Waals surface area contributed by atoms with Crippen LogP contribution in [-0.2, 0) is 6.54 Å². The van der Waals surface area contributed by atoms with Gasteiger partial charge in [-0.25, -0.2) is 14.8 Å². The highest BCUT2D eigenvalue weighted by atomic mass is 16.4. The van der Waals surface area contributed by atoms with Crippen LogP contribution in [0.1, 0.15) is 16.1 Å². The van der Waals surface area contributed by atoms with Crippen LogP contribution in [0.15, 0.2) is 42.7 Å². The van der Waals surface area contributed by atoms with Crippen LogP contribution < -0.4 is 5.73 Å². The van der Waals surface area contributed by atoms with Gasteiger partial charge in [-0.05, 0) is 11.6 Å². The summed E-state index contributed by atoms with van der Waals surface area (Å²) in [6, 6.07) is 9.02. The van der Waals surface area contributed by atoms with Crippen molar-refractivity contribution in [3.05, 3.63) is 54.0 Å². The Kier molecular flexibility index (Phi) is 2.92. The number of imidazole rings is 1. The van der Waals surface area contributed by atoms with Crippen LogP contribution in [0.3, 0.4) is 0 Å². The lowest BCUT2D eigenvalue weighted by atomic mass is 10.1. The molecule has 20 heavy (non-hydrogen) atoms. The monoisotopic (exact) mass is 268 g/mol. The second kappa shape index (κ2) is 4.75.